The van der Waals surface area contributed by atoms with Gasteiger partial charge in [0.25, 0.3) is 0 Å². The SMILES string of the molecule is CC1(C)CCN(c2ccc(CN)cc2Br)CCS1. The van der Waals surface area contributed by atoms with Crippen molar-refractivity contribution in [1.29, 1.82) is 0 Å². The molecule has 18 heavy (non-hydrogen) atoms. The molecule has 0 saturated carbocycles. The first-order valence-electron chi connectivity index (χ1n) is 6.39. The molecule has 0 aliphatic carbocycles. The lowest BCUT2D eigenvalue weighted by molar-refractivity contribution is 0.637. The van der Waals surface area contributed by atoms with Crippen molar-refractivity contribution in [3.63, 3.8) is 0 Å². The summed E-state index contributed by atoms with van der Waals surface area (Å²) in [5, 5.41) is 0. The van der Waals surface area contributed by atoms with Crippen LogP contribution in [0.5, 0.6) is 0 Å². The van der Waals surface area contributed by atoms with E-state index in [9.17, 15) is 0 Å². The summed E-state index contributed by atoms with van der Waals surface area (Å²) < 4.78 is 1.56. The maximum atomic E-state index is 5.67. The van der Waals surface area contributed by atoms with Crippen LogP contribution in [-0.2, 0) is 6.54 Å². The molecule has 2 rings (SSSR count). The third-order valence-electron chi connectivity index (χ3n) is 3.43. The third kappa shape index (κ3) is 3.43. The minimum Gasteiger partial charge on any atom is -0.370 e. The van der Waals surface area contributed by atoms with Crippen LogP contribution in [-0.4, -0.2) is 23.6 Å². The van der Waals surface area contributed by atoms with Gasteiger partial charge in [-0.25, -0.2) is 0 Å². The van der Waals surface area contributed by atoms with Gasteiger partial charge in [0.2, 0.25) is 0 Å². The van der Waals surface area contributed by atoms with Gasteiger partial charge in [-0.2, -0.15) is 11.8 Å². The van der Waals surface area contributed by atoms with E-state index in [1.54, 1.807) is 0 Å². The third-order valence-corrected chi connectivity index (χ3v) is 5.43. The van der Waals surface area contributed by atoms with E-state index < -0.39 is 0 Å². The number of rotatable bonds is 2. The van der Waals surface area contributed by atoms with E-state index in [0.29, 0.717) is 11.3 Å². The van der Waals surface area contributed by atoms with Crippen LogP contribution >= 0.6 is 27.7 Å². The van der Waals surface area contributed by atoms with E-state index in [0.717, 1.165) is 17.6 Å². The molecule has 1 aliphatic heterocycles. The van der Waals surface area contributed by atoms with E-state index in [1.165, 1.54) is 23.4 Å². The van der Waals surface area contributed by atoms with Gasteiger partial charge in [-0.05, 0) is 40.0 Å². The summed E-state index contributed by atoms with van der Waals surface area (Å²) >= 11 is 5.75. The second-order valence-electron chi connectivity index (χ2n) is 5.34. The molecule has 1 aliphatic rings. The minimum absolute atomic E-state index is 0.401. The molecule has 4 heteroatoms. The van der Waals surface area contributed by atoms with Crippen molar-refractivity contribution in [2.75, 3.05) is 23.7 Å². The number of halogens is 1. The molecule has 0 radical (unpaired) electrons. The molecular weight excluding hydrogens is 308 g/mol. The van der Waals surface area contributed by atoms with Crippen LogP contribution in [0.3, 0.4) is 0 Å². The first-order valence-corrected chi connectivity index (χ1v) is 8.17. The standard InChI is InChI=1S/C14H21BrN2S/c1-14(2)5-6-17(7-8-18-14)13-4-3-11(10-16)9-12(13)15/h3-4,9H,5-8,10,16H2,1-2H3. The van der Waals surface area contributed by atoms with E-state index in [-0.39, 0.29) is 0 Å². The van der Waals surface area contributed by atoms with Gasteiger partial charge < -0.3 is 10.6 Å². The fraction of sp³-hybridized carbons (Fsp3) is 0.571. The Labute approximate surface area is 122 Å². The number of anilines is 1. The van der Waals surface area contributed by atoms with Crippen molar-refractivity contribution in [1.82, 2.24) is 0 Å². The van der Waals surface area contributed by atoms with Crippen molar-refractivity contribution in [3.05, 3.63) is 28.2 Å². The molecule has 0 atom stereocenters. The van der Waals surface area contributed by atoms with Crippen LogP contribution in [0.15, 0.2) is 22.7 Å². The summed E-state index contributed by atoms with van der Waals surface area (Å²) in [6.45, 7) is 7.53. The summed E-state index contributed by atoms with van der Waals surface area (Å²) in [6.07, 6.45) is 1.22. The van der Waals surface area contributed by atoms with Gasteiger partial charge in [0.1, 0.15) is 0 Å². The molecule has 1 heterocycles. The van der Waals surface area contributed by atoms with Crippen LogP contribution in [0.4, 0.5) is 5.69 Å². The molecular formula is C14H21BrN2S. The molecule has 0 unspecified atom stereocenters. The van der Waals surface area contributed by atoms with Gasteiger partial charge in [-0.1, -0.05) is 19.9 Å². The number of benzene rings is 1. The highest BCUT2D eigenvalue weighted by Crippen LogP contribution is 2.34. The maximum Gasteiger partial charge on any atom is 0.0511 e. The summed E-state index contributed by atoms with van der Waals surface area (Å²) in [7, 11) is 0. The Morgan fingerprint density at radius 3 is 2.83 bits per heavy atom. The molecule has 0 aromatic heterocycles. The predicted molar refractivity (Wildman–Crippen MR) is 85.4 cm³/mol. The van der Waals surface area contributed by atoms with Crippen LogP contribution in [0, 0.1) is 0 Å². The Hall–Kier alpha value is -0.190. The van der Waals surface area contributed by atoms with Gasteiger partial charge in [0.15, 0.2) is 0 Å². The molecule has 2 nitrogen and oxygen atoms in total. The second-order valence-corrected chi connectivity index (χ2v) is 7.99. The molecule has 100 valence electrons. The molecule has 1 aromatic carbocycles. The first kappa shape index (κ1) is 14.2. The van der Waals surface area contributed by atoms with Gasteiger partial charge in [-0.15, -0.1) is 0 Å². The monoisotopic (exact) mass is 328 g/mol. The Morgan fingerprint density at radius 2 is 2.17 bits per heavy atom. The first-order chi connectivity index (χ1) is 8.52. The molecule has 0 amide bonds. The van der Waals surface area contributed by atoms with Crippen molar-refractivity contribution >= 4 is 33.4 Å². The smallest absolute Gasteiger partial charge is 0.0511 e. The molecule has 1 fully saturated rings. The van der Waals surface area contributed by atoms with Gasteiger partial charge in [0.05, 0.1) is 5.69 Å². The number of nitrogens with two attached hydrogens (primary N) is 1. The molecule has 1 aromatic rings. The highest BCUT2D eigenvalue weighted by Gasteiger charge is 2.24. The van der Waals surface area contributed by atoms with Crippen LogP contribution in [0.1, 0.15) is 25.8 Å². The average molecular weight is 329 g/mol. The average Bonchev–Trinajstić information content (AvgIpc) is 2.50. The predicted octanol–water partition coefficient (Wildman–Crippen LogP) is 3.63. The van der Waals surface area contributed by atoms with Crippen molar-refractivity contribution in [3.8, 4) is 0 Å². The molecule has 0 bridgehead atoms. The quantitative estimate of drug-likeness (QED) is 0.898. The van der Waals surface area contributed by atoms with E-state index >= 15 is 0 Å². The number of thioether (sulfide) groups is 1. The number of nitrogens with zero attached hydrogens (tertiary/aromatic N) is 1. The van der Waals surface area contributed by atoms with E-state index in [1.807, 2.05) is 0 Å². The Bertz CT molecular complexity index is 420. The summed E-state index contributed by atoms with van der Waals surface area (Å²) in [5.74, 6) is 1.19. The van der Waals surface area contributed by atoms with Crippen LogP contribution < -0.4 is 10.6 Å². The fourth-order valence-corrected chi connectivity index (χ4v) is 3.97. The summed E-state index contributed by atoms with van der Waals surface area (Å²) in [5.41, 5.74) is 8.14. The van der Waals surface area contributed by atoms with E-state index in [4.69, 9.17) is 5.73 Å². The van der Waals surface area contributed by atoms with Crippen molar-refractivity contribution in [2.24, 2.45) is 5.73 Å². The van der Waals surface area contributed by atoms with Crippen LogP contribution in [0.2, 0.25) is 0 Å². The van der Waals surface area contributed by atoms with Crippen LogP contribution in [0.25, 0.3) is 0 Å². The normalized spacial score (nSPS) is 19.7. The largest absolute Gasteiger partial charge is 0.370 e. The van der Waals surface area contributed by atoms with Gasteiger partial charge in [0, 0.05) is 34.6 Å². The summed E-state index contributed by atoms with van der Waals surface area (Å²) in [6, 6.07) is 6.46. The second kappa shape index (κ2) is 5.85. The number of hydrogen-bond donors (Lipinski definition) is 1. The fourth-order valence-electron chi connectivity index (χ4n) is 2.20. The topological polar surface area (TPSA) is 29.3 Å². The van der Waals surface area contributed by atoms with Crippen molar-refractivity contribution in [2.45, 2.75) is 31.6 Å². The molecule has 2 N–H and O–H groups in total. The van der Waals surface area contributed by atoms with Gasteiger partial charge >= 0.3 is 0 Å². The Balaban J connectivity index is 2.16. The Morgan fingerprint density at radius 1 is 1.39 bits per heavy atom. The Kier molecular flexibility index (Phi) is 4.62. The molecule has 0 spiro atoms. The summed E-state index contributed by atoms with van der Waals surface area (Å²) in [4.78, 5) is 2.48. The highest BCUT2D eigenvalue weighted by molar-refractivity contribution is 9.10. The zero-order chi connectivity index (χ0) is 13.2. The lowest BCUT2D eigenvalue weighted by atomic mass is 10.1. The lowest BCUT2D eigenvalue weighted by Crippen LogP contribution is -2.27. The van der Waals surface area contributed by atoms with E-state index in [2.05, 4.69) is 64.6 Å². The molecule has 1 saturated heterocycles. The lowest BCUT2D eigenvalue weighted by Gasteiger charge is -2.25. The maximum absolute atomic E-state index is 5.67. The van der Waals surface area contributed by atoms with Gasteiger partial charge in [-0.3, -0.25) is 0 Å². The van der Waals surface area contributed by atoms with Crippen molar-refractivity contribution < 1.29 is 0 Å². The zero-order valence-corrected chi connectivity index (χ0v) is 13.5. The minimum atomic E-state index is 0.401. The number of hydrogen-bond acceptors (Lipinski definition) is 3. The highest BCUT2D eigenvalue weighted by atomic mass is 79.9. The zero-order valence-electron chi connectivity index (χ0n) is 11.1.